The Balaban J connectivity index is 1.27. The first-order valence-corrected chi connectivity index (χ1v) is 8.79. The number of nitrogens with one attached hydrogen (secondary N) is 1. The molecule has 1 saturated heterocycles. The number of piperazine rings is 1. The number of pyridine rings is 1. The van der Waals surface area contributed by atoms with Crippen LogP contribution >= 0.6 is 0 Å². The van der Waals surface area contributed by atoms with Crippen molar-refractivity contribution in [2.24, 2.45) is 0 Å². The van der Waals surface area contributed by atoms with E-state index in [1.165, 1.54) is 0 Å². The first-order valence-electron chi connectivity index (χ1n) is 8.79. The van der Waals surface area contributed by atoms with E-state index in [9.17, 15) is 4.79 Å². The van der Waals surface area contributed by atoms with Crippen LogP contribution in [0.3, 0.4) is 0 Å². The summed E-state index contributed by atoms with van der Waals surface area (Å²) in [5, 5.41) is 0. The third-order valence-electron chi connectivity index (χ3n) is 4.56. The molecular formula is C19H21N5O2. The Hall–Kier alpha value is -2.93. The van der Waals surface area contributed by atoms with Crippen molar-refractivity contribution < 1.29 is 9.53 Å². The molecule has 7 nitrogen and oxygen atoms in total. The number of carbonyl (C=O) groups is 1. The molecule has 7 heteroatoms. The highest BCUT2D eigenvalue weighted by Gasteiger charge is 2.24. The lowest BCUT2D eigenvalue weighted by atomic mass is 10.3. The maximum atomic E-state index is 12.7. The summed E-state index contributed by atoms with van der Waals surface area (Å²) in [6.07, 6.45) is 3.44. The summed E-state index contributed by atoms with van der Waals surface area (Å²) in [5.41, 5.74) is 1.71. The highest BCUT2D eigenvalue weighted by atomic mass is 16.5. The Kier molecular flexibility index (Phi) is 4.79. The Morgan fingerprint density at radius 1 is 1.12 bits per heavy atom. The normalized spacial score (nSPS) is 15.3. The Labute approximate surface area is 151 Å². The van der Waals surface area contributed by atoms with Crippen LogP contribution in [0.25, 0.3) is 11.0 Å². The van der Waals surface area contributed by atoms with E-state index in [2.05, 4.69) is 19.9 Å². The van der Waals surface area contributed by atoms with Crippen LogP contribution in [0.2, 0.25) is 0 Å². The predicted octanol–water partition coefficient (Wildman–Crippen LogP) is 1.79. The lowest BCUT2D eigenvalue weighted by Crippen LogP contribution is -2.49. The van der Waals surface area contributed by atoms with E-state index in [0.717, 1.165) is 36.4 Å². The van der Waals surface area contributed by atoms with Crippen LogP contribution in [0.5, 0.6) is 5.75 Å². The highest BCUT2D eigenvalue weighted by Crippen LogP contribution is 2.13. The quantitative estimate of drug-likeness (QED) is 0.759. The molecular weight excluding hydrogens is 330 g/mol. The zero-order chi connectivity index (χ0) is 17.8. The Morgan fingerprint density at radius 3 is 2.73 bits per heavy atom. The average molecular weight is 351 g/mol. The first-order chi connectivity index (χ1) is 12.8. The zero-order valence-electron chi connectivity index (χ0n) is 14.5. The molecule has 0 atom stereocenters. The molecule has 0 aliphatic carbocycles. The SMILES string of the molecule is O=C(c1nc2ccccc2[nH]1)N1CCN(CCOc2cccnc2)CC1. The van der Waals surface area contributed by atoms with Crippen LogP contribution in [-0.4, -0.2) is 70.0 Å². The van der Waals surface area contributed by atoms with Crippen LogP contribution in [0.15, 0.2) is 48.8 Å². The minimum atomic E-state index is -0.0348. The molecule has 1 aromatic carbocycles. The second-order valence-corrected chi connectivity index (χ2v) is 6.27. The lowest BCUT2D eigenvalue weighted by molar-refractivity contribution is 0.0610. The maximum absolute atomic E-state index is 12.7. The molecule has 0 spiro atoms. The van der Waals surface area contributed by atoms with Gasteiger partial charge in [-0.1, -0.05) is 12.1 Å². The Morgan fingerprint density at radius 2 is 1.96 bits per heavy atom. The van der Waals surface area contributed by atoms with Gasteiger partial charge in [0.1, 0.15) is 12.4 Å². The minimum absolute atomic E-state index is 0.0348. The van der Waals surface area contributed by atoms with Gasteiger partial charge in [-0.3, -0.25) is 14.7 Å². The summed E-state index contributed by atoms with van der Waals surface area (Å²) in [5.74, 6) is 1.17. The summed E-state index contributed by atoms with van der Waals surface area (Å²) >= 11 is 0. The second kappa shape index (κ2) is 7.53. The molecule has 3 heterocycles. The fourth-order valence-corrected chi connectivity index (χ4v) is 3.10. The van der Waals surface area contributed by atoms with Gasteiger partial charge in [-0.2, -0.15) is 0 Å². The summed E-state index contributed by atoms with van der Waals surface area (Å²) < 4.78 is 5.69. The molecule has 1 amide bonds. The molecule has 0 unspecified atom stereocenters. The number of amides is 1. The van der Waals surface area contributed by atoms with Gasteiger partial charge in [0.25, 0.3) is 5.91 Å². The number of benzene rings is 1. The number of ether oxygens (including phenoxy) is 1. The van der Waals surface area contributed by atoms with E-state index in [0.29, 0.717) is 25.5 Å². The topological polar surface area (TPSA) is 74.4 Å². The fraction of sp³-hybridized carbons (Fsp3) is 0.316. The van der Waals surface area contributed by atoms with Crippen LogP contribution < -0.4 is 4.74 Å². The smallest absolute Gasteiger partial charge is 0.289 e. The van der Waals surface area contributed by atoms with Crippen molar-refractivity contribution in [2.45, 2.75) is 0 Å². The van der Waals surface area contributed by atoms with Gasteiger partial charge in [-0.15, -0.1) is 0 Å². The zero-order valence-corrected chi connectivity index (χ0v) is 14.5. The highest BCUT2D eigenvalue weighted by molar-refractivity contribution is 5.94. The second-order valence-electron chi connectivity index (χ2n) is 6.27. The van der Waals surface area contributed by atoms with Gasteiger partial charge in [-0.05, 0) is 24.3 Å². The fourth-order valence-electron chi connectivity index (χ4n) is 3.10. The van der Waals surface area contributed by atoms with E-state index in [-0.39, 0.29) is 5.91 Å². The van der Waals surface area contributed by atoms with E-state index in [1.54, 1.807) is 12.4 Å². The number of hydrogen-bond acceptors (Lipinski definition) is 5. The molecule has 0 bridgehead atoms. The van der Waals surface area contributed by atoms with Crippen molar-refractivity contribution >= 4 is 16.9 Å². The average Bonchev–Trinajstić information content (AvgIpc) is 3.13. The third-order valence-corrected chi connectivity index (χ3v) is 4.56. The number of rotatable bonds is 5. The molecule has 0 saturated carbocycles. The number of hydrogen-bond donors (Lipinski definition) is 1. The van der Waals surface area contributed by atoms with Gasteiger partial charge in [0.2, 0.25) is 0 Å². The van der Waals surface area contributed by atoms with E-state index in [1.807, 2.05) is 41.3 Å². The number of fused-ring (bicyclic) bond motifs is 1. The van der Waals surface area contributed by atoms with Gasteiger partial charge in [0.15, 0.2) is 5.82 Å². The molecule has 2 aromatic heterocycles. The van der Waals surface area contributed by atoms with E-state index in [4.69, 9.17) is 4.74 Å². The van der Waals surface area contributed by atoms with Crippen LogP contribution in [0.1, 0.15) is 10.6 Å². The number of H-pyrrole nitrogens is 1. The number of imidazole rings is 1. The molecule has 4 rings (SSSR count). The molecule has 1 aliphatic heterocycles. The monoisotopic (exact) mass is 351 g/mol. The maximum Gasteiger partial charge on any atom is 0.289 e. The molecule has 1 aliphatic rings. The number of para-hydroxylation sites is 2. The van der Waals surface area contributed by atoms with Crippen molar-refractivity contribution in [3.63, 3.8) is 0 Å². The summed E-state index contributed by atoms with van der Waals surface area (Å²) in [7, 11) is 0. The summed E-state index contributed by atoms with van der Waals surface area (Å²) in [6, 6.07) is 11.4. The van der Waals surface area contributed by atoms with Crippen molar-refractivity contribution in [1.82, 2.24) is 24.8 Å². The number of aromatic nitrogens is 3. The molecule has 1 N–H and O–H groups in total. The van der Waals surface area contributed by atoms with Crippen molar-refractivity contribution in [3.05, 3.63) is 54.6 Å². The number of aromatic amines is 1. The van der Waals surface area contributed by atoms with E-state index >= 15 is 0 Å². The van der Waals surface area contributed by atoms with Gasteiger partial charge in [-0.25, -0.2) is 4.98 Å². The van der Waals surface area contributed by atoms with Crippen LogP contribution in [0.4, 0.5) is 0 Å². The van der Waals surface area contributed by atoms with Gasteiger partial charge >= 0.3 is 0 Å². The van der Waals surface area contributed by atoms with Gasteiger partial charge in [0, 0.05) is 38.9 Å². The van der Waals surface area contributed by atoms with E-state index < -0.39 is 0 Å². The van der Waals surface area contributed by atoms with Crippen LogP contribution in [-0.2, 0) is 0 Å². The van der Waals surface area contributed by atoms with Gasteiger partial charge in [0.05, 0.1) is 17.2 Å². The molecule has 0 radical (unpaired) electrons. The predicted molar refractivity (Wildman–Crippen MR) is 98.2 cm³/mol. The lowest BCUT2D eigenvalue weighted by Gasteiger charge is -2.34. The van der Waals surface area contributed by atoms with Crippen molar-refractivity contribution in [2.75, 3.05) is 39.3 Å². The van der Waals surface area contributed by atoms with Crippen LogP contribution in [0, 0.1) is 0 Å². The minimum Gasteiger partial charge on any atom is -0.491 e. The number of carbonyl (C=O) groups excluding carboxylic acids is 1. The largest absolute Gasteiger partial charge is 0.491 e. The number of nitrogens with zero attached hydrogens (tertiary/aromatic N) is 4. The summed E-state index contributed by atoms with van der Waals surface area (Å²) in [6.45, 7) is 4.51. The first kappa shape index (κ1) is 16.5. The summed E-state index contributed by atoms with van der Waals surface area (Å²) in [4.78, 5) is 28.4. The van der Waals surface area contributed by atoms with Gasteiger partial charge < -0.3 is 14.6 Å². The molecule has 134 valence electrons. The Bertz CT molecular complexity index is 839. The molecule has 3 aromatic rings. The van der Waals surface area contributed by atoms with Crippen molar-refractivity contribution in [3.8, 4) is 5.75 Å². The molecule has 1 fully saturated rings. The molecule has 26 heavy (non-hydrogen) atoms. The third kappa shape index (κ3) is 3.67. The van der Waals surface area contributed by atoms with Crippen molar-refractivity contribution in [1.29, 1.82) is 0 Å². The standard InChI is InChI=1S/C19H21N5O2/c25-19(18-21-16-5-1-2-6-17(16)22-18)24-10-8-23(9-11-24)12-13-26-15-4-3-7-20-14-15/h1-7,14H,8-13H2,(H,21,22).